The predicted molar refractivity (Wildman–Crippen MR) is 69.4 cm³/mol. The van der Waals surface area contributed by atoms with Gasteiger partial charge in [-0.05, 0) is 12.1 Å². The molecule has 6 heteroatoms. The molecule has 5 nitrogen and oxygen atoms in total. The van der Waals surface area contributed by atoms with E-state index in [2.05, 4.69) is 0 Å². The van der Waals surface area contributed by atoms with Gasteiger partial charge in [0.15, 0.2) is 0 Å². The lowest BCUT2D eigenvalue weighted by Gasteiger charge is -2.19. The number of benzene rings is 1. The van der Waals surface area contributed by atoms with E-state index >= 15 is 0 Å². The minimum Gasteiger partial charge on any atom is -0.481 e. The molecule has 0 aliphatic heterocycles. The molecular weight excluding hydrogens is 252 g/mol. The maximum absolute atomic E-state index is 11.9. The van der Waals surface area contributed by atoms with Crippen LogP contribution in [0.4, 0.5) is 5.69 Å². The fourth-order valence-electron chi connectivity index (χ4n) is 1.31. The van der Waals surface area contributed by atoms with Crippen LogP contribution >= 0.6 is 11.8 Å². The third-order valence-electron chi connectivity index (χ3n) is 2.05. The first-order valence-corrected chi connectivity index (χ1v) is 6.32. The Hall–Kier alpha value is -2.00. The number of thioether (sulfide) groups is 1. The van der Waals surface area contributed by atoms with Crippen molar-refractivity contribution in [3.63, 3.8) is 0 Å². The highest BCUT2D eigenvalue weighted by Crippen LogP contribution is 2.14. The Morgan fingerprint density at radius 2 is 1.94 bits per heavy atom. The molecule has 0 spiro atoms. The summed E-state index contributed by atoms with van der Waals surface area (Å²) in [5.41, 5.74) is 0.639. The molecule has 0 saturated carbocycles. The summed E-state index contributed by atoms with van der Waals surface area (Å²) in [5.74, 6) is -1.31. The van der Waals surface area contributed by atoms with Crippen molar-refractivity contribution in [2.75, 3.05) is 23.0 Å². The summed E-state index contributed by atoms with van der Waals surface area (Å²) in [6, 6.07) is 10.8. The molecule has 94 valence electrons. The molecule has 0 radical (unpaired) electrons. The number of nitrogens with zero attached hydrogens (tertiary/aromatic N) is 2. The maximum atomic E-state index is 11.9. The van der Waals surface area contributed by atoms with Crippen molar-refractivity contribution >= 4 is 29.3 Å². The quantitative estimate of drug-likeness (QED) is 0.784. The van der Waals surface area contributed by atoms with Gasteiger partial charge in [0, 0.05) is 5.69 Å². The number of amides is 1. The van der Waals surface area contributed by atoms with Crippen molar-refractivity contribution in [2.45, 2.75) is 0 Å². The second kappa shape index (κ2) is 7.35. The van der Waals surface area contributed by atoms with Crippen LogP contribution in [0, 0.1) is 11.3 Å². The number of carboxylic acid groups (broad SMARTS) is 1. The van der Waals surface area contributed by atoms with Crippen LogP contribution in [0.3, 0.4) is 0 Å². The molecule has 1 aromatic carbocycles. The van der Waals surface area contributed by atoms with E-state index in [-0.39, 0.29) is 24.0 Å². The third kappa shape index (κ3) is 4.47. The van der Waals surface area contributed by atoms with E-state index in [9.17, 15) is 9.59 Å². The van der Waals surface area contributed by atoms with Crippen LogP contribution in [-0.2, 0) is 9.59 Å². The molecule has 0 fully saturated rings. The second-order valence-corrected chi connectivity index (χ2v) is 4.35. The molecular formula is C12H12N2O3S. The van der Waals surface area contributed by atoms with E-state index in [4.69, 9.17) is 10.4 Å². The summed E-state index contributed by atoms with van der Waals surface area (Å²) >= 11 is 1.02. The van der Waals surface area contributed by atoms with E-state index < -0.39 is 5.97 Å². The smallest absolute Gasteiger partial charge is 0.313 e. The number of para-hydroxylation sites is 1. The van der Waals surface area contributed by atoms with Crippen LogP contribution in [0.15, 0.2) is 30.3 Å². The Kier molecular flexibility index (Phi) is 5.74. The molecule has 1 N–H and O–H groups in total. The van der Waals surface area contributed by atoms with Crippen LogP contribution in [0.5, 0.6) is 0 Å². The van der Waals surface area contributed by atoms with E-state index in [1.165, 1.54) is 4.90 Å². The van der Waals surface area contributed by atoms with Gasteiger partial charge in [0.1, 0.15) is 6.54 Å². The number of aliphatic carboxylic acids is 1. The minimum atomic E-state index is -0.959. The Labute approximate surface area is 109 Å². The van der Waals surface area contributed by atoms with Crippen molar-refractivity contribution in [3.8, 4) is 6.07 Å². The molecule has 0 aliphatic carbocycles. The standard InChI is InChI=1S/C12H12N2O3S/c13-6-7-14(10-4-2-1-3-5-10)11(15)8-18-9-12(16)17/h1-5H,7-9H2,(H,16,17). The minimum absolute atomic E-state index is 0.0445. The highest BCUT2D eigenvalue weighted by Gasteiger charge is 2.15. The van der Waals surface area contributed by atoms with Gasteiger partial charge in [-0.2, -0.15) is 5.26 Å². The molecule has 18 heavy (non-hydrogen) atoms. The topological polar surface area (TPSA) is 81.4 Å². The Morgan fingerprint density at radius 3 is 2.50 bits per heavy atom. The zero-order valence-corrected chi connectivity index (χ0v) is 10.4. The average Bonchev–Trinajstić information content (AvgIpc) is 2.36. The zero-order valence-electron chi connectivity index (χ0n) is 9.57. The van der Waals surface area contributed by atoms with Crippen molar-refractivity contribution in [1.82, 2.24) is 0 Å². The summed E-state index contributed by atoms with van der Waals surface area (Å²) in [5, 5.41) is 17.2. The summed E-state index contributed by atoms with van der Waals surface area (Å²) in [6.07, 6.45) is 0. The van der Waals surface area contributed by atoms with Gasteiger partial charge in [0.2, 0.25) is 5.91 Å². The maximum Gasteiger partial charge on any atom is 0.313 e. The lowest BCUT2D eigenvalue weighted by Crippen LogP contribution is -2.33. The molecule has 1 rings (SSSR count). The Bertz CT molecular complexity index is 456. The second-order valence-electron chi connectivity index (χ2n) is 3.36. The van der Waals surface area contributed by atoms with E-state index in [1.807, 2.05) is 12.1 Å². The molecule has 0 bridgehead atoms. The third-order valence-corrected chi connectivity index (χ3v) is 2.95. The fraction of sp³-hybridized carbons (Fsp3) is 0.250. The largest absolute Gasteiger partial charge is 0.481 e. The molecule has 0 heterocycles. The molecule has 1 aromatic rings. The van der Waals surface area contributed by atoms with Crippen LogP contribution in [0.1, 0.15) is 0 Å². The number of hydrogen-bond acceptors (Lipinski definition) is 4. The Balaban J connectivity index is 2.65. The van der Waals surface area contributed by atoms with Gasteiger partial charge in [0.05, 0.1) is 17.6 Å². The van der Waals surface area contributed by atoms with Crippen molar-refractivity contribution < 1.29 is 14.7 Å². The van der Waals surface area contributed by atoms with Gasteiger partial charge in [0.25, 0.3) is 0 Å². The molecule has 0 unspecified atom stereocenters. The lowest BCUT2D eigenvalue weighted by molar-refractivity contribution is -0.133. The van der Waals surface area contributed by atoms with Gasteiger partial charge in [-0.25, -0.2) is 0 Å². The molecule has 0 saturated heterocycles. The van der Waals surface area contributed by atoms with Crippen LogP contribution in [0.2, 0.25) is 0 Å². The molecule has 0 atom stereocenters. The number of anilines is 1. The van der Waals surface area contributed by atoms with Crippen molar-refractivity contribution in [2.24, 2.45) is 0 Å². The van der Waals surface area contributed by atoms with Gasteiger partial charge in [-0.1, -0.05) is 18.2 Å². The highest BCUT2D eigenvalue weighted by molar-refractivity contribution is 8.00. The first-order valence-electron chi connectivity index (χ1n) is 5.17. The monoisotopic (exact) mass is 264 g/mol. The molecule has 1 amide bonds. The molecule has 0 aliphatic rings. The normalized spacial score (nSPS) is 9.50. The van der Waals surface area contributed by atoms with Crippen LogP contribution in [-0.4, -0.2) is 35.0 Å². The van der Waals surface area contributed by atoms with Gasteiger partial charge in [-0.15, -0.1) is 11.8 Å². The van der Waals surface area contributed by atoms with E-state index in [0.29, 0.717) is 5.69 Å². The van der Waals surface area contributed by atoms with Gasteiger partial charge < -0.3 is 5.11 Å². The van der Waals surface area contributed by atoms with Crippen molar-refractivity contribution in [3.05, 3.63) is 30.3 Å². The highest BCUT2D eigenvalue weighted by atomic mass is 32.2. The van der Waals surface area contributed by atoms with Gasteiger partial charge in [-0.3, -0.25) is 14.5 Å². The average molecular weight is 264 g/mol. The Morgan fingerprint density at radius 1 is 1.28 bits per heavy atom. The SMILES string of the molecule is N#CCN(C(=O)CSCC(=O)O)c1ccccc1. The summed E-state index contributed by atoms with van der Waals surface area (Å²) in [6.45, 7) is -0.0452. The fourth-order valence-corrected chi connectivity index (χ4v) is 1.91. The summed E-state index contributed by atoms with van der Waals surface area (Å²) in [4.78, 5) is 23.6. The van der Waals surface area contributed by atoms with E-state index in [1.54, 1.807) is 24.3 Å². The van der Waals surface area contributed by atoms with E-state index in [0.717, 1.165) is 11.8 Å². The first kappa shape index (κ1) is 14.1. The number of carboxylic acids is 1. The van der Waals surface area contributed by atoms with Crippen LogP contribution < -0.4 is 4.90 Å². The first-order chi connectivity index (χ1) is 8.65. The number of nitriles is 1. The predicted octanol–water partition coefficient (Wildman–Crippen LogP) is 1.36. The summed E-state index contributed by atoms with van der Waals surface area (Å²) < 4.78 is 0. The number of rotatable bonds is 6. The van der Waals surface area contributed by atoms with Crippen molar-refractivity contribution in [1.29, 1.82) is 5.26 Å². The number of hydrogen-bond donors (Lipinski definition) is 1. The van der Waals surface area contributed by atoms with Gasteiger partial charge >= 0.3 is 5.97 Å². The number of carbonyl (C=O) groups is 2. The summed E-state index contributed by atoms with van der Waals surface area (Å²) in [7, 11) is 0. The lowest BCUT2D eigenvalue weighted by atomic mass is 10.3. The molecule has 0 aromatic heterocycles. The number of carbonyl (C=O) groups excluding carboxylic acids is 1. The van der Waals surface area contributed by atoms with Crippen LogP contribution in [0.25, 0.3) is 0 Å². The zero-order chi connectivity index (χ0) is 13.4.